The van der Waals surface area contributed by atoms with Crippen LogP contribution in [0.15, 0.2) is 72.8 Å². The van der Waals surface area contributed by atoms with Crippen molar-refractivity contribution in [2.75, 3.05) is 32.7 Å². The summed E-state index contributed by atoms with van der Waals surface area (Å²) >= 11 is 6.09. The quantitative estimate of drug-likeness (QED) is 0.350. The minimum atomic E-state index is -4.64. The van der Waals surface area contributed by atoms with Crippen molar-refractivity contribution < 1.29 is 27.2 Å². The SMILES string of the molecule is O=C(N[C@@H](CCN1CC2CN(C(=O)c3c(F)cccc3Cl)CC2C1)c1ccccc1)c1ccccc1C(F)(F)F. The topological polar surface area (TPSA) is 52.7 Å². The van der Waals surface area contributed by atoms with Crippen LogP contribution in [-0.2, 0) is 6.18 Å². The highest BCUT2D eigenvalue weighted by Crippen LogP contribution is 2.35. The molecule has 0 radical (unpaired) electrons. The molecule has 10 heteroatoms. The lowest BCUT2D eigenvalue weighted by Gasteiger charge is -2.25. The van der Waals surface area contributed by atoms with Gasteiger partial charge in [-0.25, -0.2) is 4.39 Å². The summed E-state index contributed by atoms with van der Waals surface area (Å²) in [6.45, 7) is 3.06. The van der Waals surface area contributed by atoms with E-state index in [1.807, 2.05) is 30.3 Å². The lowest BCUT2D eigenvalue weighted by atomic mass is 10.0. The third-order valence-electron chi connectivity index (χ3n) is 7.74. The van der Waals surface area contributed by atoms with E-state index in [1.165, 1.54) is 36.4 Å². The number of halogens is 5. The first-order chi connectivity index (χ1) is 19.1. The Bertz CT molecular complexity index is 1350. The Morgan fingerprint density at radius 2 is 1.55 bits per heavy atom. The van der Waals surface area contributed by atoms with Crippen molar-refractivity contribution in [1.82, 2.24) is 15.1 Å². The smallest absolute Gasteiger partial charge is 0.345 e. The second-order valence-electron chi connectivity index (χ2n) is 10.4. The Hall–Kier alpha value is -3.43. The van der Waals surface area contributed by atoms with E-state index in [0.29, 0.717) is 26.1 Å². The molecule has 0 aliphatic carbocycles. The molecule has 0 bridgehead atoms. The second-order valence-corrected chi connectivity index (χ2v) is 10.8. The molecule has 3 atom stereocenters. The summed E-state index contributed by atoms with van der Waals surface area (Å²) in [6.07, 6.45) is -4.15. The minimum Gasteiger partial charge on any atom is -0.345 e. The van der Waals surface area contributed by atoms with Gasteiger partial charge in [-0.2, -0.15) is 13.2 Å². The maximum Gasteiger partial charge on any atom is 0.417 e. The van der Waals surface area contributed by atoms with Crippen molar-refractivity contribution in [3.8, 4) is 0 Å². The molecule has 2 aliphatic heterocycles. The summed E-state index contributed by atoms with van der Waals surface area (Å²) < 4.78 is 54.8. The monoisotopic (exact) mass is 573 g/mol. The summed E-state index contributed by atoms with van der Waals surface area (Å²) in [6, 6.07) is 17.6. The van der Waals surface area contributed by atoms with Gasteiger partial charge in [0.1, 0.15) is 5.82 Å². The molecule has 5 rings (SSSR count). The highest BCUT2D eigenvalue weighted by atomic mass is 35.5. The molecule has 0 saturated carbocycles. The Labute approximate surface area is 234 Å². The van der Waals surface area contributed by atoms with Gasteiger partial charge in [0.05, 0.1) is 27.8 Å². The van der Waals surface area contributed by atoms with Crippen molar-refractivity contribution in [3.05, 3.63) is 106 Å². The molecule has 0 spiro atoms. The summed E-state index contributed by atoms with van der Waals surface area (Å²) in [4.78, 5) is 29.9. The third kappa shape index (κ3) is 6.00. The molecule has 2 saturated heterocycles. The van der Waals surface area contributed by atoms with E-state index in [0.717, 1.165) is 24.7 Å². The standard InChI is InChI=1S/C30H28ClF4N3O2/c31-24-11-6-12-25(32)27(24)29(40)38-17-20-15-37(16-21(20)18-38)14-13-26(19-7-2-1-3-8-19)36-28(39)22-9-4-5-10-23(22)30(33,34)35/h1-12,20-21,26H,13-18H2,(H,36,39)/t20?,21?,26-/m0/s1. The lowest BCUT2D eigenvalue weighted by Crippen LogP contribution is -2.36. The average molecular weight is 574 g/mol. The second kappa shape index (κ2) is 11.6. The van der Waals surface area contributed by atoms with Gasteiger partial charge in [0.2, 0.25) is 0 Å². The number of nitrogens with one attached hydrogen (secondary N) is 1. The van der Waals surface area contributed by atoms with E-state index in [1.54, 1.807) is 4.90 Å². The fourth-order valence-electron chi connectivity index (χ4n) is 5.78. The van der Waals surface area contributed by atoms with E-state index in [4.69, 9.17) is 11.6 Å². The molecule has 5 nitrogen and oxygen atoms in total. The first-order valence-electron chi connectivity index (χ1n) is 13.1. The molecule has 2 heterocycles. The molecule has 1 N–H and O–H groups in total. The maximum atomic E-state index is 14.3. The van der Waals surface area contributed by atoms with Crippen molar-refractivity contribution >= 4 is 23.4 Å². The van der Waals surface area contributed by atoms with E-state index >= 15 is 0 Å². The first kappa shape index (κ1) is 28.1. The number of rotatable bonds is 7. The average Bonchev–Trinajstić information content (AvgIpc) is 3.50. The molecule has 3 aromatic rings. The zero-order valence-electron chi connectivity index (χ0n) is 21.5. The van der Waals surface area contributed by atoms with Crippen LogP contribution in [0, 0.1) is 17.7 Å². The van der Waals surface area contributed by atoms with Crippen LogP contribution < -0.4 is 5.32 Å². The fourth-order valence-corrected chi connectivity index (χ4v) is 6.03. The fraction of sp³-hybridized carbons (Fsp3) is 0.333. The number of carbonyl (C=O) groups is 2. The largest absolute Gasteiger partial charge is 0.417 e. The Morgan fingerprint density at radius 1 is 0.900 bits per heavy atom. The molecule has 0 aromatic heterocycles. The van der Waals surface area contributed by atoms with Gasteiger partial charge in [0, 0.05) is 32.7 Å². The predicted molar refractivity (Wildman–Crippen MR) is 143 cm³/mol. The molecule has 40 heavy (non-hydrogen) atoms. The molecule has 2 unspecified atom stereocenters. The normalized spacial score (nSPS) is 19.9. The van der Waals surface area contributed by atoms with Crippen LogP contribution in [0.25, 0.3) is 0 Å². The van der Waals surface area contributed by atoms with Crippen LogP contribution >= 0.6 is 11.6 Å². The van der Waals surface area contributed by atoms with Crippen LogP contribution in [0.4, 0.5) is 17.6 Å². The van der Waals surface area contributed by atoms with Gasteiger partial charge in [0.15, 0.2) is 0 Å². The number of fused-ring (bicyclic) bond motifs is 1. The van der Waals surface area contributed by atoms with Crippen LogP contribution in [0.3, 0.4) is 0 Å². The molecule has 2 amide bonds. The van der Waals surface area contributed by atoms with Gasteiger partial charge in [-0.1, -0.05) is 60.1 Å². The van der Waals surface area contributed by atoms with Gasteiger partial charge in [-0.15, -0.1) is 0 Å². The van der Waals surface area contributed by atoms with Crippen molar-refractivity contribution in [2.45, 2.75) is 18.6 Å². The minimum absolute atomic E-state index is 0.0931. The molecule has 2 aliphatic rings. The van der Waals surface area contributed by atoms with Gasteiger partial charge >= 0.3 is 6.18 Å². The summed E-state index contributed by atoms with van der Waals surface area (Å²) in [5.41, 5.74) is -0.679. The Morgan fingerprint density at radius 3 is 2.20 bits per heavy atom. The number of alkyl halides is 3. The van der Waals surface area contributed by atoms with E-state index in [9.17, 15) is 27.2 Å². The summed E-state index contributed by atoms with van der Waals surface area (Å²) in [5.74, 6) is -1.38. The van der Waals surface area contributed by atoms with Crippen LogP contribution in [0.2, 0.25) is 5.02 Å². The van der Waals surface area contributed by atoms with Crippen LogP contribution in [0.5, 0.6) is 0 Å². The highest BCUT2D eigenvalue weighted by Gasteiger charge is 2.42. The number of amides is 2. The maximum absolute atomic E-state index is 14.3. The Balaban J connectivity index is 1.22. The van der Waals surface area contributed by atoms with Gasteiger partial charge in [0.25, 0.3) is 11.8 Å². The highest BCUT2D eigenvalue weighted by molar-refractivity contribution is 6.33. The number of hydrogen-bond donors (Lipinski definition) is 1. The van der Waals surface area contributed by atoms with Gasteiger partial charge < -0.3 is 15.1 Å². The zero-order chi connectivity index (χ0) is 28.4. The molecule has 2 fully saturated rings. The van der Waals surface area contributed by atoms with Crippen molar-refractivity contribution in [1.29, 1.82) is 0 Å². The Kier molecular flexibility index (Phi) is 8.14. The lowest BCUT2D eigenvalue weighted by molar-refractivity contribution is -0.137. The van der Waals surface area contributed by atoms with Crippen LogP contribution in [0.1, 0.15) is 44.3 Å². The van der Waals surface area contributed by atoms with E-state index in [2.05, 4.69) is 10.2 Å². The van der Waals surface area contributed by atoms with Crippen molar-refractivity contribution in [2.24, 2.45) is 11.8 Å². The van der Waals surface area contributed by atoms with Crippen molar-refractivity contribution in [3.63, 3.8) is 0 Å². The number of carbonyl (C=O) groups excluding carboxylic acids is 2. The number of likely N-dealkylation sites (tertiary alicyclic amines) is 2. The van der Waals surface area contributed by atoms with Gasteiger partial charge in [-0.05, 0) is 48.1 Å². The van der Waals surface area contributed by atoms with Gasteiger partial charge in [-0.3, -0.25) is 9.59 Å². The molecule has 3 aromatic carbocycles. The first-order valence-corrected chi connectivity index (χ1v) is 13.5. The third-order valence-corrected chi connectivity index (χ3v) is 8.06. The summed E-state index contributed by atoms with van der Waals surface area (Å²) in [7, 11) is 0. The number of hydrogen-bond acceptors (Lipinski definition) is 3. The number of benzene rings is 3. The zero-order valence-corrected chi connectivity index (χ0v) is 22.3. The number of nitrogens with zero attached hydrogens (tertiary/aromatic N) is 2. The summed E-state index contributed by atoms with van der Waals surface area (Å²) in [5, 5.41) is 2.91. The molecular formula is C30H28ClF4N3O2. The molecular weight excluding hydrogens is 546 g/mol. The predicted octanol–water partition coefficient (Wildman–Crippen LogP) is 6.06. The molecule has 210 valence electrons. The van der Waals surface area contributed by atoms with E-state index < -0.39 is 41.0 Å². The van der Waals surface area contributed by atoms with Crippen LogP contribution in [-0.4, -0.2) is 54.3 Å². The van der Waals surface area contributed by atoms with E-state index in [-0.39, 0.29) is 22.4 Å².